The van der Waals surface area contributed by atoms with Crippen molar-refractivity contribution < 1.29 is 13.9 Å². The van der Waals surface area contributed by atoms with Crippen molar-refractivity contribution in [3.63, 3.8) is 0 Å². The van der Waals surface area contributed by atoms with Crippen LogP contribution in [-0.2, 0) is 0 Å². The Hall–Kier alpha value is -4.97. The van der Waals surface area contributed by atoms with Gasteiger partial charge in [-0.25, -0.2) is 9.36 Å². The minimum Gasteiger partial charge on any atom is -0.601 e. The van der Waals surface area contributed by atoms with Crippen LogP contribution in [0.5, 0.6) is 11.5 Å². The Balaban J connectivity index is 1.27. The molecule has 53 heavy (non-hydrogen) atoms. The van der Waals surface area contributed by atoms with Gasteiger partial charge in [0.05, 0.1) is 34.9 Å². The molecule has 2 aromatic heterocycles. The fraction of sp³-hybridized carbons (Fsp3) is 0.100. The number of hydrogen-bond acceptors (Lipinski definition) is 8. The van der Waals surface area contributed by atoms with E-state index in [4.69, 9.17) is 9.05 Å². The van der Waals surface area contributed by atoms with Gasteiger partial charge in [0.2, 0.25) is 0 Å². The van der Waals surface area contributed by atoms with Crippen LogP contribution in [0.4, 0.5) is 0 Å². The lowest BCUT2D eigenvalue weighted by Crippen LogP contribution is -2.36. The highest BCUT2D eigenvalue weighted by Crippen LogP contribution is 2.66. The third-order valence-electron chi connectivity index (χ3n) is 9.82. The summed E-state index contributed by atoms with van der Waals surface area (Å²) in [5.74, 6) is 0.864. The maximum atomic E-state index is 15.5. The van der Waals surface area contributed by atoms with Gasteiger partial charge in [-0.15, -0.1) is 14.9 Å². The summed E-state index contributed by atoms with van der Waals surface area (Å²) in [5, 5.41) is 22.1. The molecule has 8 aromatic rings. The highest BCUT2D eigenvalue weighted by Gasteiger charge is 2.49. The number of nitrogens with zero attached hydrogens (tertiary/aromatic N) is 7. The second-order valence-corrected chi connectivity index (χ2v) is 16.8. The van der Waals surface area contributed by atoms with Crippen LogP contribution in [0.15, 0.2) is 131 Å². The van der Waals surface area contributed by atoms with Gasteiger partial charge < -0.3 is 4.89 Å². The van der Waals surface area contributed by atoms with E-state index in [1.165, 1.54) is 0 Å². The van der Waals surface area contributed by atoms with E-state index in [9.17, 15) is 0 Å². The molecule has 0 aliphatic carbocycles. The lowest BCUT2D eigenvalue weighted by Gasteiger charge is -2.32. The number of fused-ring (bicyclic) bond motifs is 7. The average molecular weight is 845 g/mol. The molecule has 1 saturated heterocycles. The molecule has 0 radical (unpaired) electrons. The van der Waals surface area contributed by atoms with Crippen LogP contribution in [0.3, 0.4) is 0 Å². The molecule has 2 aliphatic heterocycles. The SMILES string of the molecule is [O-][P+]1(N2CCCC2)Oc2c(-c3cn(-c4ccc(Br)cc4)nn3)cc3ccccc3c2-c2c(c(-c3cn(-c4ccc(Br)cc4)nn3)cc3ccccc23)O1. The summed E-state index contributed by atoms with van der Waals surface area (Å²) >= 11 is 7.04. The lowest BCUT2D eigenvalue weighted by molar-refractivity contribution is -0.216. The minimum atomic E-state index is -4.02. The largest absolute Gasteiger partial charge is 0.601 e. The van der Waals surface area contributed by atoms with E-state index >= 15 is 4.89 Å². The molecule has 0 N–H and O–H groups in total. The summed E-state index contributed by atoms with van der Waals surface area (Å²) in [5.41, 5.74) is 5.70. The van der Waals surface area contributed by atoms with Gasteiger partial charge >= 0.3 is 8.09 Å². The summed E-state index contributed by atoms with van der Waals surface area (Å²) in [6, 6.07) is 36.1. The monoisotopic (exact) mass is 843 g/mol. The summed E-state index contributed by atoms with van der Waals surface area (Å²) in [7, 11) is -4.02. The van der Waals surface area contributed by atoms with Gasteiger partial charge in [-0.1, -0.05) is 90.8 Å². The molecule has 4 heterocycles. The van der Waals surface area contributed by atoms with Crippen molar-refractivity contribution in [2.45, 2.75) is 12.8 Å². The van der Waals surface area contributed by atoms with Crippen LogP contribution in [-0.4, -0.2) is 47.7 Å². The molecule has 13 heteroatoms. The van der Waals surface area contributed by atoms with E-state index in [0.29, 0.717) is 47.1 Å². The zero-order valence-electron chi connectivity index (χ0n) is 27.9. The predicted octanol–water partition coefficient (Wildman–Crippen LogP) is 9.59. The molecule has 0 amide bonds. The number of aromatic nitrogens is 6. The number of halogens is 2. The first-order valence-corrected chi connectivity index (χ1v) is 20.2. The van der Waals surface area contributed by atoms with Gasteiger partial charge in [0.25, 0.3) is 0 Å². The Morgan fingerprint density at radius 3 is 1.47 bits per heavy atom. The van der Waals surface area contributed by atoms with Crippen molar-refractivity contribution in [3.05, 3.63) is 131 Å². The molecule has 0 atom stereocenters. The molecule has 2 aliphatic rings. The maximum absolute atomic E-state index is 15.5. The van der Waals surface area contributed by atoms with Gasteiger partial charge in [0.15, 0.2) is 11.5 Å². The van der Waals surface area contributed by atoms with Crippen LogP contribution in [0.1, 0.15) is 12.8 Å². The molecule has 0 saturated carbocycles. The van der Waals surface area contributed by atoms with Gasteiger partial charge in [0, 0.05) is 33.2 Å². The molecular weight excluding hydrogens is 817 g/mol. The van der Waals surface area contributed by atoms with Crippen molar-refractivity contribution in [3.8, 4) is 56.5 Å². The molecule has 10 nitrogen and oxygen atoms in total. The van der Waals surface area contributed by atoms with E-state index in [0.717, 1.165) is 65.8 Å². The zero-order chi connectivity index (χ0) is 35.7. The highest BCUT2D eigenvalue weighted by atomic mass is 79.9. The Kier molecular flexibility index (Phi) is 7.92. The number of rotatable bonds is 5. The molecule has 0 spiro atoms. The van der Waals surface area contributed by atoms with Crippen molar-refractivity contribution in [1.82, 2.24) is 34.7 Å². The van der Waals surface area contributed by atoms with Crippen LogP contribution in [0.2, 0.25) is 0 Å². The Bertz CT molecular complexity index is 2520. The molecular formula is C40H28Br2N7O3P. The first kappa shape index (κ1) is 32.7. The Labute approximate surface area is 321 Å². The molecule has 6 aromatic carbocycles. The van der Waals surface area contributed by atoms with E-state index < -0.39 is 8.09 Å². The molecule has 1 fully saturated rings. The Morgan fingerprint density at radius 2 is 1.02 bits per heavy atom. The van der Waals surface area contributed by atoms with Crippen molar-refractivity contribution in [2.24, 2.45) is 0 Å². The standard InChI is InChI=1S/C40H28Br2N7O3P/c41-27-11-15-29(16-12-27)48-23-35(43-45-48)33-21-25-7-1-3-9-31(25)37-38-32-10-4-2-8-26(32)22-34(36-24-49(46-44-36)30-17-13-28(42)14-18-30)40(38)52-53(50,51-39(33)37)47-19-5-6-20-47/h1-4,7-18,21-24H,5-6,19-20H2. The average Bonchev–Trinajstić information content (AvgIpc) is 3.98. The second kappa shape index (κ2) is 12.9. The lowest BCUT2D eigenvalue weighted by atomic mass is 9.88. The second-order valence-electron chi connectivity index (χ2n) is 13.1. The summed E-state index contributed by atoms with van der Waals surface area (Å²) in [4.78, 5) is 15.5. The molecule has 0 bridgehead atoms. The van der Waals surface area contributed by atoms with Gasteiger partial charge in [0.1, 0.15) is 11.4 Å². The Morgan fingerprint density at radius 1 is 0.585 bits per heavy atom. The van der Waals surface area contributed by atoms with Crippen molar-refractivity contribution in [1.29, 1.82) is 0 Å². The summed E-state index contributed by atoms with van der Waals surface area (Å²) < 4.78 is 21.0. The van der Waals surface area contributed by atoms with Crippen LogP contribution >= 0.6 is 40.0 Å². The smallest absolute Gasteiger partial charge is 0.411 e. The fourth-order valence-electron chi connectivity index (χ4n) is 7.25. The van der Waals surface area contributed by atoms with E-state index in [1.54, 1.807) is 9.36 Å². The van der Waals surface area contributed by atoms with Crippen molar-refractivity contribution >= 4 is 61.5 Å². The highest BCUT2D eigenvalue weighted by molar-refractivity contribution is 9.10. The topological polar surface area (TPSA) is 106 Å². The quantitative estimate of drug-likeness (QED) is 0.158. The van der Waals surface area contributed by atoms with Gasteiger partial charge in [-0.3, -0.25) is 9.05 Å². The molecule has 10 rings (SSSR count). The first-order chi connectivity index (χ1) is 25.9. The van der Waals surface area contributed by atoms with Gasteiger partial charge in [-0.05, 0) is 95.1 Å². The predicted molar refractivity (Wildman–Crippen MR) is 212 cm³/mol. The van der Waals surface area contributed by atoms with E-state index in [2.05, 4.69) is 76.7 Å². The number of hydrogen-bond donors (Lipinski definition) is 0. The van der Waals surface area contributed by atoms with Crippen LogP contribution < -0.4 is 13.9 Å². The first-order valence-electron chi connectivity index (χ1n) is 17.2. The third-order valence-corrected chi connectivity index (χ3v) is 12.8. The van der Waals surface area contributed by atoms with Crippen molar-refractivity contribution in [2.75, 3.05) is 13.1 Å². The van der Waals surface area contributed by atoms with Crippen LogP contribution in [0.25, 0.3) is 66.6 Å². The minimum absolute atomic E-state index is 0.432. The summed E-state index contributed by atoms with van der Waals surface area (Å²) in [6.07, 6.45) is 5.52. The van der Waals surface area contributed by atoms with E-state index in [-0.39, 0.29) is 0 Å². The maximum Gasteiger partial charge on any atom is 0.411 e. The van der Waals surface area contributed by atoms with Gasteiger partial charge in [-0.2, -0.15) is 0 Å². The summed E-state index contributed by atoms with van der Waals surface area (Å²) in [6.45, 7) is 1.15. The number of benzene rings is 6. The normalized spacial score (nSPS) is 15.2. The molecule has 0 unspecified atom stereocenters. The molecule has 260 valence electrons. The third kappa shape index (κ3) is 5.64. The van der Waals surface area contributed by atoms with E-state index in [1.807, 2.05) is 102 Å². The zero-order valence-corrected chi connectivity index (χ0v) is 32.0. The van der Waals surface area contributed by atoms with Crippen LogP contribution in [0, 0.1) is 0 Å². The fourth-order valence-corrected chi connectivity index (χ4v) is 9.66.